The second kappa shape index (κ2) is 4.51. The Morgan fingerprint density at radius 1 is 1.39 bits per heavy atom. The van der Waals surface area contributed by atoms with Crippen molar-refractivity contribution in [3.8, 4) is 10.7 Å². The van der Waals surface area contributed by atoms with Crippen molar-refractivity contribution < 1.29 is 0 Å². The monoisotopic (exact) mass is 258 g/mol. The van der Waals surface area contributed by atoms with Crippen LogP contribution in [0.5, 0.6) is 0 Å². The van der Waals surface area contributed by atoms with Crippen LogP contribution in [0.1, 0.15) is 11.3 Å². The van der Waals surface area contributed by atoms with E-state index in [2.05, 4.69) is 20.3 Å². The zero-order valence-corrected chi connectivity index (χ0v) is 11.1. The second-order valence-corrected chi connectivity index (χ2v) is 5.13. The van der Waals surface area contributed by atoms with Gasteiger partial charge >= 0.3 is 0 Å². The molecule has 0 unspecified atom stereocenters. The van der Waals surface area contributed by atoms with Gasteiger partial charge in [0.1, 0.15) is 5.65 Å². The molecule has 3 aromatic heterocycles. The Kier molecular flexibility index (Phi) is 2.85. The van der Waals surface area contributed by atoms with Crippen molar-refractivity contribution in [1.82, 2.24) is 20.3 Å². The lowest BCUT2D eigenvalue weighted by molar-refractivity contribution is 0.822. The quantitative estimate of drug-likeness (QED) is 0.759. The summed E-state index contributed by atoms with van der Waals surface area (Å²) in [5.74, 6) is 0.799. The largest absolute Gasteiger partial charge is 0.346 e. The van der Waals surface area contributed by atoms with Gasteiger partial charge in [0.2, 0.25) is 0 Å². The predicted molar refractivity (Wildman–Crippen MR) is 74.7 cm³/mol. The maximum atomic E-state index is 4.61. The van der Waals surface area contributed by atoms with E-state index in [1.807, 2.05) is 37.7 Å². The number of H-pyrrole nitrogens is 1. The Balaban J connectivity index is 2.17. The number of nitrogens with zero attached hydrogens (tertiary/aromatic N) is 2. The second-order valence-electron chi connectivity index (χ2n) is 4.18. The molecule has 0 saturated carbocycles. The molecule has 92 valence electrons. The number of rotatable bonds is 3. The summed E-state index contributed by atoms with van der Waals surface area (Å²) >= 11 is 1.66. The fourth-order valence-electron chi connectivity index (χ4n) is 2.14. The molecule has 0 aliphatic carbocycles. The number of hydrogen-bond acceptors (Lipinski definition) is 4. The number of thiophene rings is 1. The Morgan fingerprint density at radius 3 is 3.00 bits per heavy atom. The van der Waals surface area contributed by atoms with Crippen LogP contribution in [0.2, 0.25) is 0 Å². The Bertz CT molecular complexity index is 670. The maximum Gasteiger partial charge on any atom is 0.171 e. The highest BCUT2D eigenvalue weighted by Crippen LogP contribution is 2.26. The molecule has 0 aliphatic rings. The van der Waals surface area contributed by atoms with E-state index in [9.17, 15) is 0 Å². The Hall–Kier alpha value is -1.72. The van der Waals surface area contributed by atoms with E-state index >= 15 is 0 Å². The number of aromatic nitrogens is 3. The summed E-state index contributed by atoms with van der Waals surface area (Å²) in [7, 11) is 1.94. The summed E-state index contributed by atoms with van der Waals surface area (Å²) < 4.78 is 0. The molecule has 0 saturated heterocycles. The molecule has 0 aliphatic heterocycles. The zero-order chi connectivity index (χ0) is 12.5. The summed E-state index contributed by atoms with van der Waals surface area (Å²) in [4.78, 5) is 13.5. The van der Waals surface area contributed by atoms with Crippen molar-refractivity contribution in [2.24, 2.45) is 0 Å². The van der Waals surface area contributed by atoms with Gasteiger partial charge in [0.15, 0.2) is 5.82 Å². The molecular formula is C13H14N4S. The first-order valence-electron chi connectivity index (χ1n) is 5.82. The molecular weight excluding hydrogens is 244 g/mol. The minimum absolute atomic E-state index is 0.799. The molecule has 4 nitrogen and oxygen atoms in total. The van der Waals surface area contributed by atoms with Crippen molar-refractivity contribution >= 4 is 22.4 Å². The molecule has 3 rings (SSSR count). The first kappa shape index (κ1) is 11.4. The smallest absolute Gasteiger partial charge is 0.171 e. The first-order valence-corrected chi connectivity index (χ1v) is 6.70. The van der Waals surface area contributed by atoms with Crippen molar-refractivity contribution in [3.05, 3.63) is 35.0 Å². The highest BCUT2D eigenvalue weighted by Gasteiger charge is 2.11. The highest BCUT2D eigenvalue weighted by molar-refractivity contribution is 7.13. The van der Waals surface area contributed by atoms with Crippen molar-refractivity contribution in [2.45, 2.75) is 13.5 Å². The normalized spacial score (nSPS) is 11.2. The summed E-state index contributed by atoms with van der Waals surface area (Å²) in [6.45, 7) is 2.86. The number of nitrogens with one attached hydrogen (secondary N) is 2. The fourth-order valence-corrected chi connectivity index (χ4v) is 2.79. The zero-order valence-electron chi connectivity index (χ0n) is 10.3. The minimum atomic E-state index is 0.799. The van der Waals surface area contributed by atoms with Crippen molar-refractivity contribution in [1.29, 1.82) is 0 Å². The fraction of sp³-hybridized carbons (Fsp3) is 0.231. The molecule has 0 amide bonds. The van der Waals surface area contributed by atoms with E-state index in [0.29, 0.717) is 0 Å². The Morgan fingerprint density at radius 2 is 2.28 bits per heavy atom. The molecule has 2 N–H and O–H groups in total. The maximum absolute atomic E-state index is 4.61. The van der Waals surface area contributed by atoms with Crippen LogP contribution in [0.25, 0.3) is 21.7 Å². The van der Waals surface area contributed by atoms with Gasteiger partial charge in [-0.15, -0.1) is 11.3 Å². The average molecular weight is 258 g/mol. The molecule has 0 bridgehead atoms. The van der Waals surface area contributed by atoms with Gasteiger partial charge in [-0.2, -0.15) is 0 Å². The highest BCUT2D eigenvalue weighted by atomic mass is 32.1. The van der Waals surface area contributed by atoms with Gasteiger partial charge in [0.05, 0.1) is 10.6 Å². The van der Waals surface area contributed by atoms with Crippen LogP contribution in [-0.2, 0) is 6.54 Å². The molecule has 0 atom stereocenters. The lowest BCUT2D eigenvalue weighted by Crippen LogP contribution is -2.05. The molecule has 0 spiro atoms. The number of fused-ring (bicyclic) bond motifs is 1. The van der Waals surface area contributed by atoms with Crippen LogP contribution < -0.4 is 5.32 Å². The molecule has 18 heavy (non-hydrogen) atoms. The third-order valence-corrected chi connectivity index (χ3v) is 3.77. The van der Waals surface area contributed by atoms with E-state index < -0.39 is 0 Å². The third-order valence-electron chi connectivity index (χ3n) is 2.90. The molecule has 0 fully saturated rings. The molecule has 3 aromatic rings. The third kappa shape index (κ3) is 1.81. The minimum Gasteiger partial charge on any atom is -0.346 e. The average Bonchev–Trinajstić information content (AvgIpc) is 2.98. The van der Waals surface area contributed by atoms with Gasteiger partial charge in [0.25, 0.3) is 0 Å². The topological polar surface area (TPSA) is 53.6 Å². The number of hydrogen-bond donors (Lipinski definition) is 2. The van der Waals surface area contributed by atoms with Crippen molar-refractivity contribution in [3.63, 3.8) is 0 Å². The molecule has 0 radical (unpaired) electrons. The van der Waals surface area contributed by atoms with E-state index in [1.165, 1.54) is 5.56 Å². The molecule has 5 heteroatoms. The summed E-state index contributed by atoms with van der Waals surface area (Å²) in [6.07, 6.45) is 2.00. The predicted octanol–water partition coefficient (Wildman–Crippen LogP) is 2.71. The SMILES string of the molecule is CNCc1c[nH]c2nc(-c3cccs3)nc(C)c12. The number of aryl methyl sites for hydroxylation is 1. The van der Waals surface area contributed by atoms with Crippen LogP contribution >= 0.6 is 11.3 Å². The van der Waals surface area contributed by atoms with Gasteiger partial charge in [-0.25, -0.2) is 9.97 Å². The van der Waals surface area contributed by atoms with Crippen LogP contribution in [0.15, 0.2) is 23.7 Å². The standard InChI is InChI=1S/C13H14N4S/c1-8-11-9(6-14-2)7-15-13(11)17-12(16-8)10-4-3-5-18-10/h3-5,7,14H,6H2,1-2H3,(H,15,16,17). The van der Waals surface area contributed by atoms with Gasteiger partial charge in [-0.05, 0) is 31.0 Å². The van der Waals surface area contributed by atoms with Gasteiger partial charge in [-0.1, -0.05) is 6.07 Å². The van der Waals surface area contributed by atoms with Gasteiger partial charge in [0, 0.05) is 18.1 Å². The van der Waals surface area contributed by atoms with Crippen molar-refractivity contribution in [2.75, 3.05) is 7.05 Å². The van der Waals surface area contributed by atoms with Gasteiger partial charge in [-0.3, -0.25) is 0 Å². The lowest BCUT2D eigenvalue weighted by Gasteiger charge is -2.03. The molecule has 0 aromatic carbocycles. The van der Waals surface area contributed by atoms with Gasteiger partial charge < -0.3 is 10.3 Å². The van der Waals surface area contributed by atoms with Crippen LogP contribution in [-0.4, -0.2) is 22.0 Å². The van der Waals surface area contributed by atoms with Crippen LogP contribution in [0.4, 0.5) is 0 Å². The summed E-state index contributed by atoms with van der Waals surface area (Å²) in [5, 5.41) is 6.33. The van der Waals surface area contributed by atoms with E-state index in [1.54, 1.807) is 11.3 Å². The summed E-state index contributed by atoms with van der Waals surface area (Å²) in [6, 6.07) is 4.06. The van der Waals surface area contributed by atoms with Crippen LogP contribution in [0.3, 0.4) is 0 Å². The first-order chi connectivity index (χ1) is 8.79. The number of aromatic amines is 1. The van der Waals surface area contributed by atoms with E-state index in [0.717, 1.165) is 34.0 Å². The van der Waals surface area contributed by atoms with E-state index in [-0.39, 0.29) is 0 Å². The Labute approximate surface area is 109 Å². The lowest BCUT2D eigenvalue weighted by atomic mass is 10.2. The summed E-state index contributed by atoms with van der Waals surface area (Å²) in [5.41, 5.74) is 3.15. The van der Waals surface area contributed by atoms with E-state index in [4.69, 9.17) is 0 Å². The van der Waals surface area contributed by atoms with Crippen LogP contribution in [0, 0.1) is 6.92 Å². The molecule has 3 heterocycles.